The molecular weight excluding hydrogens is 298 g/mol. The van der Waals surface area contributed by atoms with Crippen LogP contribution in [0.1, 0.15) is 5.56 Å². The van der Waals surface area contributed by atoms with Gasteiger partial charge in [0.05, 0.1) is 11.3 Å². The van der Waals surface area contributed by atoms with Gasteiger partial charge in [-0.3, -0.25) is 0 Å². The van der Waals surface area contributed by atoms with Gasteiger partial charge < -0.3 is 15.5 Å². The fourth-order valence-electron chi connectivity index (χ4n) is 2.54. The van der Waals surface area contributed by atoms with Crippen molar-refractivity contribution in [2.24, 2.45) is 0 Å². The highest BCUT2D eigenvalue weighted by Crippen LogP contribution is 2.27. The second-order valence-corrected chi connectivity index (χ2v) is 5.67. The van der Waals surface area contributed by atoms with Crippen LogP contribution in [0.5, 0.6) is 0 Å². The molecule has 3 rings (SSSR count). The number of nitrogens with zero attached hydrogens (tertiary/aromatic N) is 3. The SMILES string of the molecule is C=C(NC)N(C)c1ccc2ncnc(Nc3cccc(C)c3)c2c1. The lowest BCUT2D eigenvalue weighted by molar-refractivity contribution is 0.910. The standard InChI is InChI=1S/C19H21N5/c1-13-6-5-7-15(10-13)23-19-17-11-16(24(4)14(2)20-3)8-9-18(17)21-12-22-19/h5-12,20H,2H2,1,3-4H3,(H,21,22,23). The first-order valence-electron chi connectivity index (χ1n) is 7.77. The Morgan fingerprint density at radius 3 is 2.71 bits per heavy atom. The summed E-state index contributed by atoms with van der Waals surface area (Å²) in [5.41, 5.74) is 4.12. The molecule has 0 spiro atoms. The summed E-state index contributed by atoms with van der Waals surface area (Å²) in [5.74, 6) is 1.61. The summed E-state index contributed by atoms with van der Waals surface area (Å²) in [6.45, 7) is 6.07. The van der Waals surface area contributed by atoms with E-state index in [-0.39, 0.29) is 0 Å². The van der Waals surface area contributed by atoms with Crippen molar-refractivity contribution in [3.8, 4) is 0 Å². The summed E-state index contributed by atoms with van der Waals surface area (Å²) in [6.07, 6.45) is 1.58. The fraction of sp³-hybridized carbons (Fsp3) is 0.158. The maximum Gasteiger partial charge on any atom is 0.141 e. The van der Waals surface area contributed by atoms with E-state index in [0.717, 1.165) is 33.9 Å². The molecule has 0 fully saturated rings. The van der Waals surface area contributed by atoms with Gasteiger partial charge in [0.2, 0.25) is 0 Å². The highest BCUT2D eigenvalue weighted by atomic mass is 15.2. The quantitative estimate of drug-likeness (QED) is 0.749. The van der Waals surface area contributed by atoms with Crippen molar-refractivity contribution in [3.05, 3.63) is 66.8 Å². The topological polar surface area (TPSA) is 53.1 Å². The lowest BCUT2D eigenvalue weighted by atomic mass is 10.2. The van der Waals surface area contributed by atoms with Crippen molar-refractivity contribution in [2.45, 2.75) is 6.92 Å². The second kappa shape index (κ2) is 6.58. The number of fused-ring (bicyclic) bond motifs is 1. The second-order valence-electron chi connectivity index (χ2n) is 5.67. The normalized spacial score (nSPS) is 10.5. The number of rotatable bonds is 5. The Morgan fingerprint density at radius 2 is 1.96 bits per heavy atom. The number of nitrogens with one attached hydrogen (secondary N) is 2. The molecule has 0 unspecified atom stereocenters. The number of aryl methyl sites for hydroxylation is 1. The Kier molecular flexibility index (Phi) is 4.33. The van der Waals surface area contributed by atoms with E-state index in [2.05, 4.69) is 52.3 Å². The number of benzene rings is 2. The first-order chi connectivity index (χ1) is 11.6. The largest absolute Gasteiger partial charge is 0.375 e. The molecule has 0 saturated carbocycles. The van der Waals surface area contributed by atoms with Gasteiger partial charge in [-0.05, 0) is 42.8 Å². The van der Waals surface area contributed by atoms with Crippen molar-refractivity contribution in [3.63, 3.8) is 0 Å². The Balaban J connectivity index is 2.03. The highest BCUT2D eigenvalue weighted by Gasteiger charge is 2.09. The van der Waals surface area contributed by atoms with Crippen LogP contribution in [0.15, 0.2) is 61.2 Å². The first-order valence-corrected chi connectivity index (χ1v) is 7.77. The molecule has 2 N–H and O–H groups in total. The van der Waals surface area contributed by atoms with E-state index in [9.17, 15) is 0 Å². The van der Waals surface area contributed by atoms with Crippen molar-refractivity contribution in [1.82, 2.24) is 15.3 Å². The van der Waals surface area contributed by atoms with Crippen LogP contribution in [0.4, 0.5) is 17.2 Å². The van der Waals surface area contributed by atoms with Crippen LogP contribution >= 0.6 is 0 Å². The molecule has 1 heterocycles. The van der Waals surface area contributed by atoms with Gasteiger partial charge in [0.25, 0.3) is 0 Å². The summed E-state index contributed by atoms with van der Waals surface area (Å²) >= 11 is 0. The molecule has 0 atom stereocenters. The maximum absolute atomic E-state index is 4.42. The molecule has 0 aliphatic carbocycles. The van der Waals surface area contributed by atoms with Gasteiger partial charge in [0.1, 0.15) is 12.1 Å². The Hall–Kier alpha value is -3.08. The minimum absolute atomic E-state index is 0.788. The average Bonchev–Trinajstić information content (AvgIpc) is 2.60. The van der Waals surface area contributed by atoms with Crippen LogP contribution in [0, 0.1) is 6.92 Å². The first kappa shape index (κ1) is 15.8. The molecule has 0 radical (unpaired) electrons. The minimum Gasteiger partial charge on any atom is -0.375 e. The highest BCUT2D eigenvalue weighted by molar-refractivity contribution is 5.93. The molecule has 5 nitrogen and oxygen atoms in total. The van der Waals surface area contributed by atoms with Crippen LogP contribution in [0.25, 0.3) is 10.9 Å². The van der Waals surface area contributed by atoms with E-state index in [0.29, 0.717) is 0 Å². The van der Waals surface area contributed by atoms with Crippen LogP contribution in [0.2, 0.25) is 0 Å². The molecule has 122 valence electrons. The third-order valence-corrected chi connectivity index (χ3v) is 3.98. The summed E-state index contributed by atoms with van der Waals surface area (Å²) in [7, 11) is 3.82. The third kappa shape index (κ3) is 3.15. The molecule has 0 saturated heterocycles. The van der Waals surface area contributed by atoms with Gasteiger partial charge in [-0.25, -0.2) is 9.97 Å². The number of hydrogen-bond acceptors (Lipinski definition) is 5. The molecule has 0 amide bonds. The van der Waals surface area contributed by atoms with Gasteiger partial charge in [-0.15, -0.1) is 0 Å². The predicted octanol–water partition coefficient (Wildman–Crippen LogP) is 3.81. The van der Waals surface area contributed by atoms with Gasteiger partial charge >= 0.3 is 0 Å². The maximum atomic E-state index is 4.42. The number of aromatic nitrogens is 2. The minimum atomic E-state index is 0.788. The molecule has 0 bridgehead atoms. The van der Waals surface area contributed by atoms with Gasteiger partial charge in [-0.2, -0.15) is 0 Å². The zero-order valence-corrected chi connectivity index (χ0v) is 14.2. The molecule has 0 aliphatic rings. The summed E-state index contributed by atoms with van der Waals surface area (Å²) < 4.78 is 0. The third-order valence-electron chi connectivity index (χ3n) is 3.98. The van der Waals surface area contributed by atoms with E-state index >= 15 is 0 Å². The Morgan fingerprint density at radius 1 is 1.12 bits per heavy atom. The monoisotopic (exact) mass is 319 g/mol. The fourth-order valence-corrected chi connectivity index (χ4v) is 2.54. The molecule has 1 aromatic heterocycles. The molecule has 5 heteroatoms. The van der Waals surface area contributed by atoms with Crippen molar-refractivity contribution in [2.75, 3.05) is 24.3 Å². The van der Waals surface area contributed by atoms with Gasteiger partial charge in [0, 0.05) is 30.9 Å². The summed E-state index contributed by atoms with van der Waals surface area (Å²) in [5, 5.41) is 7.41. The van der Waals surface area contributed by atoms with Gasteiger partial charge in [0.15, 0.2) is 0 Å². The zero-order valence-electron chi connectivity index (χ0n) is 14.2. The van der Waals surface area contributed by atoms with Crippen LogP contribution < -0.4 is 15.5 Å². The van der Waals surface area contributed by atoms with Gasteiger partial charge in [-0.1, -0.05) is 18.7 Å². The van der Waals surface area contributed by atoms with Crippen LogP contribution in [-0.4, -0.2) is 24.1 Å². The van der Waals surface area contributed by atoms with E-state index < -0.39 is 0 Å². The van der Waals surface area contributed by atoms with Crippen LogP contribution in [-0.2, 0) is 0 Å². The molecule has 2 aromatic carbocycles. The average molecular weight is 319 g/mol. The van der Waals surface area contributed by atoms with Crippen molar-refractivity contribution >= 4 is 28.1 Å². The summed E-state index contributed by atoms with van der Waals surface area (Å²) in [6, 6.07) is 14.3. The van der Waals surface area contributed by atoms with E-state index in [1.165, 1.54) is 5.56 Å². The predicted molar refractivity (Wildman–Crippen MR) is 101 cm³/mol. The van der Waals surface area contributed by atoms with Crippen molar-refractivity contribution < 1.29 is 0 Å². The van der Waals surface area contributed by atoms with Crippen molar-refractivity contribution in [1.29, 1.82) is 0 Å². The lowest BCUT2D eigenvalue weighted by Crippen LogP contribution is -2.24. The molecule has 3 aromatic rings. The van der Waals surface area contributed by atoms with E-state index in [1.807, 2.05) is 43.3 Å². The van der Waals surface area contributed by atoms with E-state index in [4.69, 9.17) is 0 Å². The molecule has 24 heavy (non-hydrogen) atoms. The zero-order chi connectivity index (χ0) is 17.1. The molecular formula is C19H21N5. The number of anilines is 3. The molecule has 0 aliphatic heterocycles. The number of hydrogen-bond donors (Lipinski definition) is 2. The van der Waals surface area contributed by atoms with E-state index in [1.54, 1.807) is 6.33 Å². The smallest absolute Gasteiger partial charge is 0.141 e. The Labute approximate surface area is 142 Å². The summed E-state index contributed by atoms with van der Waals surface area (Å²) in [4.78, 5) is 10.8. The Bertz CT molecular complexity index is 888. The lowest BCUT2D eigenvalue weighted by Gasteiger charge is -2.22. The van der Waals surface area contributed by atoms with Crippen LogP contribution in [0.3, 0.4) is 0 Å².